The molecule has 0 saturated carbocycles. The Morgan fingerprint density at radius 2 is 1.48 bits per heavy atom. The van der Waals surface area contributed by atoms with Gasteiger partial charge in [0.05, 0.1) is 10.7 Å². The first-order chi connectivity index (χ1) is 9.88. The summed E-state index contributed by atoms with van der Waals surface area (Å²) in [7, 11) is 0. The Bertz CT molecular complexity index is 584. The molecular weight excluding hydrogens is 276 g/mol. The predicted octanol–water partition coefficient (Wildman–Crippen LogP) is 5.30. The van der Waals surface area contributed by atoms with Crippen LogP contribution in [-0.4, -0.2) is 4.98 Å². The maximum atomic E-state index is 4.52. The van der Waals surface area contributed by atoms with Crippen molar-refractivity contribution in [3.8, 4) is 0 Å². The van der Waals surface area contributed by atoms with Crippen molar-refractivity contribution in [2.24, 2.45) is 0 Å². The highest BCUT2D eigenvalue weighted by atomic mass is 32.1. The number of rotatable bonds is 5. The number of hydrogen-bond donors (Lipinski definition) is 1. The van der Waals surface area contributed by atoms with Crippen LogP contribution >= 0.6 is 11.3 Å². The molecule has 3 heteroatoms. The summed E-state index contributed by atoms with van der Waals surface area (Å²) in [6.45, 7) is 13.1. The van der Waals surface area contributed by atoms with Crippen LogP contribution in [0.5, 0.6) is 0 Å². The summed E-state index contributed by atoms with van der Waals surface area (Å²) in [5.41, 5.74) is 3.89. The molecule has 2 nitrogen and oxygen atoms in total. The van der Waals surface area contributed by atoms with Gasteiger partial charge in [-0.3, -0.25) is 0 Å². The van der Waals surface area contributed by atoms with Crippen LogP contribution in [0.4, 0.5) is 0 Å². The van der Waals surface area contributed by atoms with Crippen molar-refractivity contribution in [2.45, 2.75) is 59.5 Å². The van der Waals surface area contributed by atoms with Gasteiger partial charge in [-0.05, 0) is 44.7 Å². The molecule has 21 heavy (non-hydrogen) atoms. The van der Waals surface area contributed by atoms with Crippen molar-refractivity contribution in [1.82, 2.24) is 10.3 Å². The average molecular weight is 302 g/mol. The third kappa shape index (κ3) is 3.92. The van der Waals surface area contributed by atoms with Crippen LogP contribution in [0, 0.1) is 13.8 Å². The summed E-state index contributed by atoms with van der Waals surface area (Å²) in [6.07, 6.45) is 0. The van der Waals surface area contributed by atoms with Crippen molar-refractivity contribution in [3.63, 3.8) is 0 Å². The molecule has 0 bridgehead atoms. The number of nitrogens with one attached hydrogen (secondary N) is 1. The predicted molar refractivity (Wildman–Crippen MR) is 92.1 cm³/mol. The molecule has 2 unspecified atom stereocenters. The third-order valence-corrected chi connectivity index (χ3v) is 5.19. The highest BCUT2D eigenvalue weighted by molar-refractivity contribution is 7.11. The molecule has 1 heterocycles. The second kappa shape index (κ2) is 6.71. The standard InChI is InChI=1S/C18H26N2S/c1-11(2)16-7-9-17(10-8-16)12(3)19-13(4)18-14(5)20-15(6)21-18/h7-13,19H,1-6H3. The van der Waals surface area contributed by atoms with Crippen LogP contribution in [-0.2, 0) is 0 Å². The normalized spacial score (nSPS) is 14.4. The van der Waals surface area contributed by atoms with Crippen LogP contribution in [0.25, 0.3) is 0 Å². The minimum absolute atomic E-state index is 0.330. The van der Waals surface area contributed by atoms with Gasteiger partial charge in [-0.15, -0.1) is 11.3 Å². The van der Waals surface area contributed by atoms with E-state index in [0.29, 0.717) is 18.0 Å². The molecule has 0 spiro atoms. The minimum atomic E-state index is 0.330. The van der Waals surface area contributed by atoms with Gasteiger partial charge < -0.3 is 5.32 Å². The van der Waals surface area contributed by atoms with Gasteiger partial charge in [0, 0.05) is 17.0 Å². The van der Waals surface area contributed by atoms with E-state index < -0.39 is 0 Å². The van der Waals surface area contributed by atoms with Gasteiger partial charge in [-0.1, -0.05) is 38.1 Å². The lowest BCUT2D eigenvalue weighted by molar-refractivity contribution is 0.498. The van der Waals surface area contributed by atoms with Crippen molar-refractivity contribution in [3.05, 3.63) is 51.0 Å². The fraction of sp³-hybridized carbons (Fsp3) is 0.500. The van der Waals surface area contributed by atoms with Crippen LogP contribution in [0.15, 0.2) is 24.3 Å². The summed E-state index contributed by atoms with van der Waals surface area (Å²) in [6, 6.07) is 9.63. The van der Waals surface area contributed by atoms with Crippen LogP contribution in [0.2, 0.25) is 0 Å². The van der Waals surface area contributed by atoms with Gasteiger partial charge >= 0.3 is 0 Å². The Morgan fingerprint density at radius 3 is 1.95 bits per heavy atom. The molecule has 1 N–H and O–H groups in total. The van der Waals surface area contributed by atoms with Crippen molar-refractivity contribution < 1.29 is 0 Å². The number of aromatic nitrogens is 1. The lowest BCUT2D eigenvalue weighted by atomic mass is 9.99. The molecule has 2 atom stereocenters. The van der Waals surface area contributed by atoms with Crippen LogP contribution < -0.4 is 5.32 Å². The Morgan fingerprint density at radius 1 is 0.905 bits per heavy atom. The summed E-state index contributed by atoms with van der Waals surface area (Å²) in [4.78, 5) is 5.87. The number of aryl methyl sites for hydroxylation is 2. The SMILES string of the molecule is Cc1nc(C)c(C(C)NC(C)c2ccc(C(C)C)cc2)s1. The zero-order chi connectivity index (χ0) is 15.6. The molecule has 0 aliphatic heterocycles. The smallest absolute Gasteiger partial charge is 0.0900 e. The summed E-state index contributed by atoms with van der Waals surface area (Å²) >= 11 is 1.79. The summed E-state index contributed by atoms with van der Waals surface area (Å²) < 4.78 is 0. The van der Waals surface area contributed by atoms with E-state index in [9.17, 15) is 0 Å². The third-order valence-electron chi connectivity index (χ3n) is 3.94. The zero-order valence-corrected chi connectivity index (χ0v) is 14.7. The molecule has 0 radical (unpaired) electrons. The molecule has 0 aliphatic rings. The fourth-order valence-corrected chi connectivity index (χ4v) is 3.60. The monoisotopic (exact) mass is 302 g/mol. The van der Waals surface area contributed by atoms with Crippen molar-refractivity contribution in [1.29, 1.82) is 0 Å². The Kier molecular flexibility index (Phi) is 5.17. The zero-order valence-electron chi connectivity index (χ0n) is 13.9. The van der Waals surface area contributed by atoms with Crippen molar-refractivity contribution >= 4 is 11.3 Å². The molecule has 1 aromatic heterocycles. The highest BCUT2D eigenvalue weighted by Gasteiger charge is 2.16. The van der Waals surface area contributed by atoms with E-state index >= 15 is 0 Å². The number of nitrogens with zero attached hydrogens (tertiary/aromatic N) is 1. The van der Waals surface area contributed by atoms with E-state index in [1.165, 1.54) is 16.0 Å². The van der Waals surface area contributed by atoms with E-state index in [2.05, 4.69) is 76.1 Å². The maximum Gasteiger partial charge on any atom is 0.0900 e. The molecule has 0 saturated heterocycles. The minimum Gasteiger partial charge on any atom is -0.303 e. The molecule has 0 aliphatic carbocycles. The second-order valence-electron chi connectivity index (χ2n) is 6.11. The van der Waals surface area contributed by atoms with Crippen molar-refractivity contribution in [2.75, 3.05) is 0 Å². The second-order valence-corrected chi connectivity index (χ2v) is 7.35. The first-order valence-electron chi connectivity index (χ1n) is 7.68. The number of hydrogen-bond acceptors (Lipinski definition) is 3. The molecule has 2 aromatic rings. The molecule has 1 aromatic carbocycles. The highest BCUT2D eigenvalue weighted by Crippen LogP contribution is 2.27. The molecule has 0 fully saturated rings. The van der Waals surface area contributed by atoms with E-state index in [1.807, 2.05) is 0 Å². The quantitative estimate of drug-likeness (QED) is 0.811. The van der Waals surface area contributed by atoms with Crippen LogP contribution in [0.3, 0.4) is 0 Å². The maximum absolute atomic E-state index is 4.52. The molecule has 114 valence electrons. The van der Waals surface area contributed by atoms with Gasteiger partial charge in [0.1, 0.15) is 0 Å². The van der Waals surface area contributed by atoms with E-state index in [1.54, 1.807) is 11.3 Å². The average Bonchev–Trinajstić information content (AvgIpc) is 2.77. The lowest BCUT2D eigenvalue weighted by Gasteiger charge is -2.20. The molecule has 2 rings (SSSR count). The van der Waals surface area contributed by atoms with E-state index in [0.717, 1.165) is 10.7 Å². The largest absolute Gasteiger partial charge is 0.303 e. The summed E-state index contributed by atoms with van der Waals surface area (Å²) in [5.74, 6) is 0.587. The fourth-order valence-electron chi connectivity index (χ4n) is 2.67. The number of thiazole rings is 1. The first kappa shape index (κ1) is 16.2. The van der Waals surface area contributed by atoms with Gasteiger partial charge in [-0.2, -0.15) is 0 Å². The van der Waals surface area contributed by atoms with Crippen LogP contribution in [0.1, 0.15) is 72.4 Å². The van der Waals surface area contributed by atoms with Gasteiger partial charge in [0.2, 0.25) is 0 Å². The van der Waals surface area contributed by atoms with E-state index in [-0.39, 0.29) is 0 Å². The Balaban J connectivity index is 2.06. The van der Waals surface area contributed by atoms with Gasteiger partial charge in [0.15, 0.2) is 0 Å². The van der Waals surface area contributed by atoms with E-state index in [4.69, 9.17) is 0 Å². The van der Waals surface area contributed by atoms with Gasteiger partial charge in [-0.25, -0.2) is 4.98 Å². The lowest BCUT2D eigenvalue weighted by Crippen LogP contribution is -2.22. The molecule has 0 amide bonds. The topological polar surface area (TPSA) is 24.9 Å². The molecular formula is C18H26N2S. The Hall–Kier alpha value is -1.19. The Labute approximate surface area is 132 Å². The summed E-state index contributed by atoms with van der Waals surface area (Å²) in [5, 5.41) is 4.83. The van der Waals surface area contributed by atoms with Gasteiger partial charge in [0.25, 0.3) is 0 Å². The first-order valence-corrected chi connectivity index (χ1v) is 8.50. The number of benzene rings is 1.